The van der Waals surface area contributed by atoms with Crippen molar-refractivity contribution in [2.24, 2.45) is 0 Å². The van der Waals surface area contributed by atoms with Crippen LogP contribution >= 0.6 is 11.8 Å². The number of ketones is 1. The lowest BCUT2D eigenvalue weighted by atomic mass is 9.91. The Kier molecular flexibility index (Phi) is 4.61. The van der Waals surface area contributed by atoms with Crippen LogP contribution in [0.4, 0.5) is 0 Å². The highest BCUT2D eigenvalue weighted by Gasteiger charge is 2.17. The van der Waals surface area contributed by atoms with Crippen molar-refractivity contribution in [3.8, 4) is 5.75 Å². The lowest BCUT2D eigenvalue weighted by molar-refractivity contribution is 0.0972. The van der Waals surface area contributed by atoms with E-state index in [1.54, 1.807) is 11.8 Å². The molecule has 2 nitrogen and oxygen atoms in total. The number of carbonyl (C=O) groups is 1. The van der Waals surface area contributed by atoms with E-state index in [0.717, 1.165) is 35.5 Å². The van der Waals surface area contributed by atoms with Crippen LogP contribution < -0.4 is 4.74 Å². The van der Waals surface area contributed by atoms with E-state index in [2.05, 4.69) is 12.1 Å². The van der Waals surface area contributed by atoms with Crippen LogP contribution in [0, 0.1) is 0 Å². The van der Waals surface area contributed by atoms with E-state index in [0.29, 0.717) is 13.0 Å². The first kappa shape index (κ1) is 14.2. The van der Waals surface area contributed by atoms with Gasteiger partial charge in [0.05, 0.1) is 6.61 Å². The molecule has 0 unspecified atom stereocenters. The zero-order chi connectivity index (χ0) is 14.5. The van der Waals surface area contributed by atoms with Gasteiger partial charge in [-0.15, -0.1) is 11.8 Å². The van der Waals surface area contributed by atoms with Crippen LogP contribution in [0.1, 0.15) is 28.8 Å². The van der Waals surface area contributed by atoms with Gasteiger partial charge >= 0.3 is 0 Å². The maximum atomic E-state index is 11.8. The Hall–Kier alpha value is -1.74. The van der Waals surface area contributed by atoms with Crippen molar-refractivity contribution >= 4 is 17.5 Å². The van der Waals surface area contributed by atoms with Gasteiger partial charge in [0, 0.05) is 22.6 Å². The third-order valence-corrected chi connectivity index (χ3v) is 4.57. The summed E-state index contributed by atoms with van der Waals surface area (Å²) in [6.45, 7) is 0.673. The average Bonchev–Trinajstić information content (AvgIpc) is 2.53. The number of rotatable bonds is 5. The smallest absolute Gasteiger partial charge is 0.163 e. The summed E-state index contributed by atoms with van der Waals surface area (Å²) in [6, 6.07) is 16.2. The molecule has 0 amide bonds. The van der Waals surface area contributed by atoms with E-state index in [-0.39, 0.29) is 5.78 Å². The van der Waals surface area contributed by atoms with Crippen molar-refractivity contribution in [1.29, 1.82) is 0 Å². The second-order valence-electron chi connectivity index (χ2n) is 5.11. The molecule has 2 aromatic rings. The Labute approximate surface area is 129 Å². The molecule has 0 radical (unpaired) electrons. The van der Waals surface area contributed by atoms with Crippen molar-refractivity contribution < 1.29 is 9.53 Å². The average molecular weight is 298 g/mol. The van der Waals surface area contributed by atoms with Gasteiger partial charge in [-0.25, -0.2) is 0 Å². The minimum Gasteiger partial charge on any atom is -0.493 e. The third kappa shape index (κ3) is 3.67. The topological polar surface area (TPSA) is 26.3 Å². The van der Waals surface area contributed by atoms with Crippen LogP contribution in [0.3, 0.4) is 0 Å². The molecule has 1 aliphatic rings. The predicted molar refractivity (Wildman–Crippen MR) is 86.4 cm³/mol. The van der Waals surface area contributed by atoms with E-state index in [4.69, 9.17) is 4.74 Å². The minimum absolute atomic E-state index is 0.266. The molecule has 0 aliphatic heterocycles. The van der Waals surface area contributed by atoms with Crippen molar-refractivity contribution in [2.45, 2.75) is 24.2 Å². The first-order valence-electron chi connectivity index (χ1n) is 7.30. The van der Waals surface area contributed by atoms with Gasteiger partial charge in [0.2, 0.25) is 0 Å². The van der Waals surface area contributed by atoms with Crippen LogP contribution in [0.2, 0.25) is 0 Å². The molecule has 0 atom stereocenters. The van der Waals surface area contributed by atoms with Gasteiger partial charge in [-0.1, -0.05) is 18.2 Å². The van der Waals surface area contributed by atoms with Gasteiger partial charge in [-0.3, -0.25) is 4.79 Å². The van der Waals surface area contributed by atoms with Gasteiger partial charge in [-0.05, 0) is 48.7 Å². The normalized spacial score (nSPS) is 13.8. The summed E-state index contributed by atoms with van der Waals surface area (Å²) in [5, 5.41) is 0. The summed E-state index contributed by atoms with van der Waals surface area (Å²) >= 11 is 1.79. The molecule has 0 N–H and O–H groups in total. The molecular weight excluding hydrogens is 280 g/mol. The monoisotopic (exact) mass is 298 g/mol. The second kappa shape index (κ2) is 6.81. The molecule has 0 bridgehead atoms. The number of hydrogen-bond acceptors (Lipinski definition) is 3. The van der Waals surface area contributed by atoms with E-state index in [9.17, 15) is 4.79 Å². The molecule has 3 heteroatoms. The minimum atomic E-state index is 0.266. The number of benzene rings is 2. The summed E-state index contributed by atoms with van der Waals surface area (Å²) < 4.78 is 5.80. The quantitative estimate of drug-likeness (QED) is 0.605. The fourth-order valence-electron chi connectivity index (χ4n) is 2.55. The largest absolute Gasteiger partial charge is 0.493 e. The van der Waals surface area contributed by atoms with Crippen molar-refractivity contribution in [1.82, 2.24) is 0 Å². The summed E-state index contributed by atoms with van der Waals surface area (Å²) in [5.74, 6) is 2.06. The van der Waals surface area contributed by atoms with Gasteiger partial charge in [0.1, 0.15) is 5.75 Å². The number of aryl methyl sites for hydroxylation is 1. The Morgan fingerprint density at radius 2 is 1.90 bits per heavy atom. The number of carbonyl (C=O) groups excluding carboxylic acids is 1. The van der Waals surface area contributed by atoms with Gasteiger partial charge < -0.3 is 4.74 Å². The van der Waals surface area contributed by atoms with Crippen LogP contribution in [0.25, 0.3) is 0 Å². The van der Waals surface area contributed by atoms with Crippen LogP contribution in [-0.2, 0) is 6.42 Å². The first-order valence-corrected chi connectivity index (χ1v) is 8.28. The fraction of sp³-hybridized carbons (Fsp3) is 0.278. The SMILES string of the molecule is O=C1CCCc2cc(OCCSc3ccccc3)ccc21. The Morgan fingerprint density at radius 3 is 2.76 bits per heavy atom. The molecule has 0 aromatic heterocycles. The maximum absolute atomic E-state index is 11.8. The molecule has 0 saturated carbocycles. The van der Waals surface area contributed by atoms with E-state index < -0.39 is 0 Å². The van der Waals surface area contributed by atoms with Crippen molar-refractivity contribution in [3.05, 3.63) is 59.7 Å². The molecule has 3 rings (SSSR count). The maximum Gasteiger partial charge on any atom is 0.163 e. The molecule has 0 heterocycles. The van der Waals surface area contributed by atoms with Gasteiger partial charge in [0.25, 0.3) is 0 Å². The van der Waals surface area contributed by atoms with Crippen LogP contribution in [-0.4, -0.2) is 18.1 Å². The molecule has 108 valence electrons. The molecule has 0 saturated heterocycles. The molecule has 21 heavy (non-hydrogen) atoms. The van der Waals surface area contributed by atoms with Crippen LogP contribution in [0.5, 0.6) is 5.75 Å². The van der Waals surface area contributed by atoms with E-state index in [1.807, 2.05) is 36.4 Å². The van der Waals surface area contributed by atoms with Gasteiger partial charge in [0.15, 0.2) is 5.78 Å². The highest BCUT2D eigenvalue weighted by molar-refractivity contribution is 7.99. The summed E-state index contributed by atoms with van der Waals surface area (Å²) in [5.41, 5.74) is 2.02. The van der Waals surface area contributed by atoms with Gasteiger partial charge in [-0.2, -0.15) is 0 Å². The summed E-state index contributed by atoms with van der Waals surface area (Å²) in [4.78, 5) is 13.0. The number of thioether (sulfide) groups is 1. The zero-order valence-corrected chi connectivity index (χ0v) is 12.7. The summed E-state index contributed by atoms with van der Waals surface area (Å²) in [7, 11) is 0. The van der Waals surface area contributed by atoms with E-state index in [1.165, 1.54) is 4.90 Å². The van der Waals surface area contributed by atoms with Crippen molar-refractivity contribution in [2.75, 3.05) is 12.4 Å². The van der Waals surface area contributed by atoms with Crippen LogP contribution in [0.15, 0.2) is 53.4 Å². The number of Topliss-reactive ketones (excluding diaryl/α,β-unsaturated/α-hetero) is 1. The lowest BCUT2D eigenvalue weighted by Crippen LogP contribution is -2.11. The molecular formula is C18H18O2S. The van der Waals surface area contributed by atoms with E-state index >= 15 is 0 Å². The second-order valence-corrected chi connectivity index (χ2v) is 6.27. The molecule has 0 spiro atoms. The summed E-state index contributed by atoms with van der Waals surface area (Å²) in [6.07, 6.45) is 2.62. The fourth-order valence-corrected chi connectivity index (χ4v) is 3.30. The van der Waals surface area contributed by atoms with Crippen molar-refractivity contribution in [3.63, 3.8) is 0 Å². The number of hydrogen-bond donors (Lipinski definition) is 0. The predicted octanol–water partition coefficient (Wildman–Crippen LogP) is 4.38. The Bertz CT molecular complexity index is 622. The standard InChI is InChI=1S/C18H18O2S/c19-18-8-4-5-14-13-15(9-10-17(14)18)20-11-12-21-16-6-2-1-3-7-16/h1-3,6-7,9-10,13H,4-5,8,11-12H2. The molecule has 1 aliphatic carbocycles. The molecule has 2 aromatic carbocycles. The Morgan fingerprint density at radius 1 is 1.05 bits per heavy atom. The first-order chi connectivity index (χ1) is 10.3. The lowest BCUT2D eigenvalue weighted by Gasteiger charge is -2.15. The third-order valence-electron chi connectivity index (χ3n) is 3.59. The molecule has 0 fully saturated rings. The number of fused-ring (bicyclic) bond motifs is 1. The highest BCUT2D eigenvalue weighted by Crippen LogP contribution is 2.25. The Balaban J connectivity index is 1.53. The number of ether oxygens (including phenoxy) is 1. The highest BCUT2D eigenvalue weighted by atomic mass is 32.2. The zero-order valence-electron chi connectivity index (χ0n) is 11.9.